The fourth-order valence-electron chi connectivity index (χ4n) is 2.54. The van der Waals surface area contributed by atoms with E-state index >= 15 is 0 Å². The van der Waals surface area contributed by atoms with Crippen molar-refractivity contribution in [3.8, 4) is 0 Å². The maximum atomic E-state index is 12.7. The van der Waals surface area contributed by atoms with Crippen LogP contribution in [0.1, 0.15) is 32.8 Å². The summed E-state index contributed by atoms with van der Waals surface area (Å²) in [6.45, 7) is 6.41. The zero-order chi connectivity index (χ0) is 15.6. The lowest BCUT2D eigenvalue weighted by Crippen LogP contribution is -2.48. The number of rotatable bonds is 3. The third-order valence-electron chi connectivity index (χ3n) is 3.81. The molecule has 0 aliphatic carbocycles. The van der Waals surface area contributed by atoms with Crippen molar-refractivity contribution in [1.29, 1.82) is 0 Å². The summed E-state index contributed by atoms with van der Waals surface area (Å²) in [5.41, 5.74) is 1.09. The highest BCUT2D eigenvalue weighted by Gasteiger charge is 2.35. The predicted octanol–water partition coefficient (Wildman–Crippen LogP) is 2.55. The van der Waals surface area contributed by atoms with Gasteiger partial charge in [-0.25, -0.2) is 0 Å². The molecule has 21 heavy (non-hydrogen) atoms. The lowest BCUT2D eigenvalue weighted by atomic mass is 10.0. The van der Waals surface area contributed by atoms with E-state index in [0.717, 1.165) is 5.56 Å². The van der Waals surface area contributed by atoms with Crippen LogP contribution >= 0.6 is 22.6 Å². The summed E-state index contributed by atoms with van der Waals surface area (Å²) in [4.78, 5) is 26.5. The van der Waals surface area contributed by atoms with Gasteiger partial charge in [-0.15, -0.1) is 0 Å². The van der Waals surface area contributed by atoms with Crippen LogP contribution in [0.2, 0.25) is 0 Å². The molecule has 1 aliphatic heterocycles. The Morgan fingerprint density at radius 3 is 2.48 bits per heavy atom. The minimum atomic E-state index is -0.425. The Hall–Kier alpha value is -1.11. The molecule has 114 valence electrons. The van der Waals surface area contributed by atoms with Gasteiger partial charge in [0.15, 0.2) is 0 Å². The largest absolute Gasteiger partial charge is 0.344 e. The Bertz CT molecular complexity index is 528. The van der Waals surface area contributed by atoms with Gasteiger partial charge < -0.3 is 10.2 Å². The monoisotopic (exact) mass is 400 g/mol. The Balaban J connectivity index is 2.23. The third-order valence-corrected chi connectivity index (χ3v) is 4.53. The first-order chi connectivity index (χ1) is 9.88. The molecule has 0 radical (unpaired) electrons. The van der Waals surface area contributed by atoms with Crippen molar-refractivity contribution in [2.45, 2.75) is 45.8 Å². The Kier molecular flexibility index (Phi) is 5.24. The molecule has 4 nitrogen and oxygen atoms in total. The molecule has 2 unspecified atom stereocenters. The summed E-state index contributed by atoms with van der Waals surface area (Å²) in [7, 11) is 0. The molecule has 0 saturated carbocycles. The van der Waals surface area contributed by atoms with Gasteiger partial charge in [-0.2, -0.15) is 0 Å². The van der Waals surface area contributed by atoms with Gasteiger partial charge in [0.2, 0.25) is 11.8 Å². The lowest BCUT2D eigenvalue weighted by molar-refractivity contribution is -0.136. The molecular weight excluding hydrogens is 379 g/mol. The summed E-state index contributed by atoms with van der Waals surface area (Å²) in [6, 6.07) is 7.63. The molecule has 1 saturated heterocycles. The van der Waals surface area contributed by atoms with E-state index in [4.69, 9.17) is 0 Å². The highest BCUT2D eigenvalue weighted by atomic mass is 127. The minimum absolute atomic E-state index is 0.0156. The van der Waals surface area contributed by atoms with Gasteiger partial charge in [-0.1, -0.05) is 26.0 Å². The number of hydrogen-bond acceptors (Lipinski definition) is 2. The standard InChI is InChI=1S/C16H21IN2O2/c1-10(2)15-16(21)19(11(3)8-14(20)18-15)9-12-4-6-13(17)7-5-12/h4-7,10-11,15H,8-9H2,1-3H3,(H,18,20). The van der Waals surface area contributed by atoms with Crippen LogP contribution in [0, 0.1) is 9.49 Å². The minimum Gasteiger partial charge on any atom is -0.344 e. The van der Waals surface area contributed by atoms with Gasteiger partial charge in [0.1, 0.15) is 6.04 Å². The fraction of sp³-hybridized carbons (Fsp3) is 0.500. The molecule has 0 spiro atoms. The highest BCUT2D eigenvalue weighted by molar-refractivity contribution is 14.1. The second kappa shape index (κ2) is 6.77. The average molecular weight is 400 g/mol. The van der Waals surface area contributed by atoms with Crippen LogP contribution in [0.4, 0.5) is 0 Å². The highest BCUT2D eigenvalue weighted by Crippen LogP contribution is 2.19. The SMILES string of the molecule is CC(C)C1NC(=O)CC(C)N(Cc2ccc(I)cc2)C1=O. The maximum absolute atomic E-state index is 12.7. The smallest absolute Gasteiger partial charge is 0.245 e. The molecule has 2 rings (SSSR count). The van der Waals surface area contributed by atoms with Crippen molar-refractivity contribution in [2.75, 3.05) is 0 Å². The molecule has 5 heteroatoms. The molecule has 1 fully saturated rings. The van der Waals surface area contributed by atoms with Gasteiger partial charge >= 0.3 is 0 Å². The van der Waals surface area contributed by atoms with Crippen molar-refractivity contribution in [3.05, 3.63) is 33.4 Å². The zero-order valence-corrected chi connectivity index (χ0v) is 14.8. The summed E-state index contributed by atoms with van der Waals surface area (Å²) in [5.74, 6) is 0.0625. The van der Waals surface area contributed by atoms with Crippen molar-refractivity contribution < 1.29 is 9.59 Å². The molecule has 1 aliphatic rings. The quantitative estimate of drug-likeness (QED) is 0.793. The van der Waals surface area contributed by atoms with Gasteiger partial charge in [-0.05, 0) is 53.1 Å². The van der Waals surface area contributed by atoms with Crippen molar-refractivity contribution in [3.63, 3.8) is 0 Å². The van der Waals surface area contributed by atoms with Crippen molar-refractivity contribution >= 4 is 34.4 Å². The molecule has 0 bridgehead atoms. The van der Waals surface area contributed by atoms with E-state index in [9.17, 15) is 9.59 Å². The van der Waals surface area contributed by atoms with Gasteiger partial charge in [0, 0.05) is 22.6 Å². The molecule has 1 N–H and O–H groups in total. The van der Waals surface area contributed by atoms with Crippen LogP contribution in [0.15, 0.2) is 24.3 Å². The summed E-state index contributed by atoms with van der Waals surface area (Å²) < 4.78 is 1.17. The number of carbonyl (C=O) groups is 2. The normalized spacial score (nSPS) is 23.2. The van der Waals surface area contributed by atoms with E-state index in [1.807, 2.05) is 49.9 Å². The first-order valence-corrected chi connectivity index (χ1v) is 8.30. The molecular formula is C16H21IN2O2. The predicted molar refractivity (Wildman–Crippen MR) is 90.6 cm³/mol. The van der Waals surface area contributed by atoms with Gasteiger partial charge in [0.05, 0.1) is 0 Å². The van der Waals surface area contributed by atoms with Crippen LogP contribution in [-0.2, 0) is 16.1 Å². The topological polar surface area (TPSA) is 49.4 Å². The van der Waals surface area contributed by atoms with E-state index in [2.05, 4.69) is 27.9 Å². The number of benzene rings is 1. The zero-order valence-electron chi connectivity index (χ0n) is 12.6. The van der Waals surface area contributed by atoms with E-state index < -0.39 is 6.04 Å². The summed E-state index contributed by atoms with van der Waals surface area (Å²) in [5, 5.41) is 2.85. The summed E-state index contributed by atoms with van der Waals surface area (Å²) in [6.07, 6.45) is 0.360. The van der Waals surface area contributed by atoms with Crippen LogP contribution < -0.4 is 5.32 Å². The first kappa shape index (κ1) is 16.3. The number of amides is 2. The first-order valence-electron chi connectivity index (χ1n) is 7.22. The van der Waals surface area contributed by atoms with Crippen molar-refractivity contribution in [1.82, 2.24) is 10.2 Å². The van der Waals surface area contributed by atoms with Crippen LogP contribution in [0.25, 0.3) is 0 Å². The number of hydrogen-bond donors (Lipinski definition) is 1. The van der Waals surface area contributed by atoms with Crippen LogP contribution in [0.3, 0.4) is 0 Å². The van der Waals surface area contributed by atoms with Crippen LogP contribution in [-0.4, -0.2) is 28.8 Å². The molecule has 2 atom stereocenters. The van der Waals surface area contributed by atoms with E-state index in [1.165, 1.54) is 3.57 Å². The Labute approximate surface area is 139 Å². The van der Waals surface area contributed by atoms with E-state index in [0.29, 0.717) is 13.0 Å². The lowest BCUT2D eigenvalue weighted by Gasteiger charge is -2.30. The molecule has 1 aromatic rings. The Morgan fingerprint density at radius 2 is 1.90 bits per heavy atom. The number of nitrogens with one attached hydrogen (secondary N) is 1. The molecule has 2 amide bonds. The second-order valence-corrected chi connectivity index (χ2v) is 7.18. The van der Waals surface area contributed by atoms with E-state index in [1.54, 1.807) is 0 Å². The average Bonchev–Trinajstić information content (AvgIpc) is 2.52. The number of nitrogens with zero attached hydrogens (tertiary/aromatic N) is 1. The molecule has 1 heterocycles. The van der Waals surface area contributed by atoms with Gasteiger partial charge in [0.25, 0.3) is 0 Å². The molecule has 1 aromatic carbocycles. The van der Waals surface area contributed by atoms with Crippen LogP contribution in [0.5, 0.6) is 0 Å². The fourth-order valence-corrected chi connectivity index (χ4v) is 2.90. The number of halogens is 1. The third kappa shape index (κ3) is 3.96. The second-order valence-electron chi connectivity index (χ2n) is 5.93. The molecule has 0 aromatic heterocycles. The summed E-state index contributed by atoms with van der Waals surface area (Å²) >= 11 is 2.26. The van der Waals surface area contributed by atoms with Gasteiger partial charge in [-0.3, -0.25) is 9.59 Å². The van der Waals surface area contributed by atoms with E-state index in [-0.39, 0.29) is 23.8 Å². The number of carbonyl (C=O) groups excluding carboxylic acids is 2. The maximum Gasteiger partial charge on any atom is 0.245 e. The Morgan fingerprint density at radius 1 is 1.29 bits per heavy atom. The van der Waals surface area contributed by atoms with Crippen molar-refractivity contribution in [2.24, 2.45) is 5.92 Å².